The van der Waals surface area contributed by atoms with Crippen molar-refractivity contribution in [3.63, 3.8) is 0 Å². The van der Waals surface area contributed by atoms with E-state index in [-0.39, 0.29) is 5.56 Å². The number of nitrogens with one attached hydrogen (secondary N) is 2. The van der Waals surface area contributed by atoms with Gasteiger partial charge in [-0.25, -0.2) is 4.79 Å². The van der Waals surface area contributed by atoms with Crippen molar-refractivity contribution in [3.8, 4) is 0 Å². The second-order valence-corrected chi connectivity index (χ2v) is 5.38. The Morgan fingerprint density at radius 1 is 1.36 bits per heavy atom. The predicted octanol–water partition coefficient (Wildman–Crippen LogP) is 0.952. The molecule has 0 aliphatic carbocycles. The highest BCUT2D eigenvalue weighted by molar-refractivity contribution is 6.03. The third kappa shape index (κ3) is 2.90. The number of aryl methyl sites for hydroxylation is 1. The molecule has 8 nitrogen and oxygen atoms in total. The highest BCUT2D eigenvalue weighted by Gasteiger charge is 2.30. The number of pyridine rings is 1. The SMILES string of the molecule is Cc1ccc(C(=O)Nc2cnn(C(C)(C)C(=O)O)c2)c(=O)[nH]1. The largest absolute Gasteiger partial charge is 0.479 e. The van der Waals surface area contributed by atoms with Crippen LogP contribution in [0.3, 0.4) is 0 Å². The number of nitrogens with zero attached hydrogens (tertiary/aromatic N) is 2. The van der Waals surface area contributed by atoms with Crippen LogP contribution in [0.4, 0.5) is 5.69 Å². The molecular weight excluding hydrogens is 288 g/mol. The molecule has 8 heteroatoms. The first-order chi connectivity index (χ1) is 10.2. The number of aromatic nitrogens is 3. The normalized spacial score (nSPS) is 11.2. The Balaban J connectivity index is 2.22. The molecule has 0 fully saturated rings. The summed E-state index contributed by atoms with van der Waals surface area (Å²) >= 11 is 0. The van der Waals surface area contributed by atoms with Crippen molar-refractivity contribution in [2.45, 2.75) is 26.3 Å². The Kier molecular flexibility index (Phi) is 3.85. The number of carboxylic acid groups (broad SMARTS) is 1. The second kappa shape index (κ2) is 5.47. The number of carboxylic acids is 1. The number of carbonyl (C=O) groups excluding carboxylic acids is 1. The lowest BCUT2D eigenvalue weighted by molar-refractivity contribution is -0.146. The average molecular weight is 304 g/mol. The van der Waals surface area contributed by atoms with Crippen LogP contribution in [0.2, 0.25) is 0 Å². The minimum atomic E-state index is -1.25. The molecular formula is C14H16N4O4. The number of hydrogen-bond acceptors (Lipinski definition) is 4. The molecule has 0 radical (unpaired) electrons. The van der Waals surface area contributed by atoms with Gasteiger partial charge < -0.3 is 15.4 Å². The van der Waals surface area contributed by atoms with Crippen molar-refractivity contribution in [1.29, 1.82) is 0 Å². The van der Waals surface area contributed by atoms with Crippen LogP contribution < -0.4 is 10.9 Å². The van der Waals surface area contributed by atoms with Gasteiger partial charge in [-0.3, -0.25) is 14.3 Å². The number of rotatable bonds is 4. The molecule has 0 saturated heterocycles. The number of aliphatic carboxylic acids is 1. The van der Waals surface area contributed by atoms with Gasteiger partial charge in [-0.05, 0) is 32.9 Å². The quantitative estimate of drug-likeness (QED) is 0.777. The van der Waals surface area contributed by atoms with E-state index in [4.69, 9.17) is 5.11 Å². The Morgan fingerprint density at radius 3 is 2.64 bits per heavy atom. The molecule has 0 unspecified atom stereocenters. The molecule has 2 rings (SSSR count). The summed E-state index contributed by atoms with van der Waals surface area (Å²) in [6.07, 6.45) is 2.72. The van der Waals surface area contributed by atoms with E-state index in [1.807, 2.05) is 0 Å². The van der Waals surface area contributed by atoms with Gasteiger partial charge in [0.25, 0.3) is 11.5 Å². The molecule has 2 heterocycles. The Labute approximate surface area is 125 Å². The van der Waals surface area contributed by atoms with Gasteiger partial charge in [0.2, 0.25) is 0 Å². The summed E-state index contributed by atoms with van der Waals surface area (Å²) < 4.78 is 1.23. The topological polar surface area (TPSA) is 117 Å². The molecule has 0 saturated carbocycles. The predicted molar refractivity (Wildman–Crippen MR) is 78.9 cm³/mol. The van der Waals surface area contributed by atoms with E-state index < -0.39 is 23.0 Å². The van der Waals surface area contributed by atoms with E-state index in [0.29, 0.717) is 11.4 Å². The number of anilines is 1. The van der Waals surface area contributed by atoms with Crippen molar-refractivity contribution in [1.82, 2.24) is 14.8 Å². The van der Waals surface area contributed by atoms with Gasteiger partial charge in [-0.2, -0.15) is 5.10 Å². The van der Waals surface area contributed by atoms with E-state index >= 15 is 0 Å². The summed E-state index contributed by atoms with van der Waals surface area (Å²) in [7, 11) is 0. The summed E-state index contributed by atoms with van der Waals surface area (Å²) in [4.78, 5) is 37.5. The summed E-state index contributed by atoms with van der Waals surface area (Å²) in [5, 5.41) is 15.6. The highest BCUT2D eigenvalue weighted by Crippen LogP contribution is 2.17. The van der Waals surface area contributed by atoms with E-state index in [9.17, 15) is 14.4 Å². The van der Waals surface area contributed by atoms with Crippen LogP contribution in [-0.4, -0.2) is 31.7 Å². The minimum Gasteiger partial charge on any atom is -0.479 e. The molecule has 2 aromatic rings. The van der Waals surface area contributed by atoms with Crippen molar-refractivity contribution in [2.24, 2.45) is 0 Å². The number of aromatic amines is 1. The summed E-state index contributed by atoms with van der Waals surface area (Å²) in [6.45, 7) is 4.68. The fourth-order valence-corrected chi connectivity index (χ4v) is 1.74. The number of amides is 1. The van der Waals surface area contributed by atoms with Crippen LogP contribution in [0.25, 0.3) is 0 Å². The van der Waals surface area contributed by atoms with E-state index in [1.54, 1.807) is 13.0 Å². The third-order valence-corrected chi connectivity index (χ3v) is 3.24. The van der Waals surface area contributed by atoms with E-state index in [1.165, 1.54) is 37.0 Å². The van der Waals surface area contributed by atoms with Gasteiger partial charge in [0.1, 0.15) is 5.56 Å². The lowest BCUT2D eigenvalue weighted by Crippen LogP contribution is -2.35. The zero-order chi connectivity index (χ0) is 16.5. The Morgan fingerprint density at radius 2 is 2.05 bits per heavy atom. The maximum atomic E-state index is 12.1. The molecule has 3 N–H and O–H groups in total. The van der Waals surface area contributed by atoms with Crippen molar-refractivity contribution in [2.75, 3.05) is 5.32 Å². The Hall–Kier alpha value is -2.90. The van der Waals surface area contributed by atoms with E-state index in [2.05, 4.69) is 15.4 Å². The van der Waals surface area contributed by atoms with Crippen LogP contribution in [0.1, 0.15) is 29.9 Å². The fourth-order valence-electron chi connectivity index (χ4n) is 1.74. The van der Waals surface area contributed by atoms with Gasteiger partial charge in [-0.15, -0.1) is 0 Å². The highest BCUT2D eigenvalue weighted by atomic mass is 16.4. The molecule has 0 atom stereocenters. The molecule has 0 aliphatic rings. The molecule has 22 heavy (non-hydrogen) atoms. The standard InChI is InChI=1S/C14H16N4O4/c1-8-4-5-10(11(19)16-8)12(20)17-9-6-15-18(7-9)14(2,3)13(21)22/h4-7H,1-3H3,(H,16,19)(H,17,20)(H,21,22). The van der Waals surface area contributed by atoms with Gasteiger partial charge in [-0.1, -0.05) is 0 Å². The van der Waals surface area contributed by atoms with Crippen LogP contribution in [0.15, 0.2) is 29.3 Å². The molecule has 0 aliphatic heterocycles. The first-order valence-corrected chi connectivity index (χ1v) is 6.51. The zero-order valence-corrected chi connectivity index (χ0v) is 12.4. The number of H-pyrrole nitrogens is 1. The van der Waals surface area contributed by atoms with Crippen molar-refractivity contribution in [3.05, 3.63) is 46.1 Å². The summed E-state index contributed by atoms with van der Waals surface area (Å²) in [6, 6.07) is 3.04. The number of hydrogen-bond donors (Lipinski definition) is 3. The molecule has 2 aromatic heterocycles. The average Bonchev–Trinajstić information content (AvgIpc) is 2.87. The zero-order valence-electron chi connectivity index (χ0n) is 12.4. The summed E-state index contributed by atoms with van der Waals surface area (Å²) in [5.74, 6) is -1.64. The lowest BCUT2D eigenvalue weighted by Gasteiger charge is -2.19. The second-order valence-electron chi connectivity index (χ2n) is 5.38. The van der Waals surface area contributed by atoms with Gasteiger partial charge in [0.05, 0.1) is 11.9 Å². The molecule has 0 aromatic carbocycles. The first kappa shape index (κ1) is 15.5. The number of carbonyl (C=O) groups is 2. The molecule has 116 valence electrons. The van der Waals surface area contributed by atoms with Crippen LogP contribution >= 0.6 is 0 Å². The monoisotopic (exact) mass is 304 g/mol. The maximum absolute atomic E-state index is 12.1. The molecule has 0 spiro atoms. The van der Waals surface area contributed by atoms with E-state index in [0.717, 1.165) is 0 Å². The first-order valence-electron chi connectivity index (χ1n) is 6.51. The lowest BCUT2D eigenvalue weighted by atomic mass is 10.1. The van der Waals surface area contributed by atoms with Gasteiger partial charge in [0.15, 0.2) is 5.54 Å². The molecule has 1 amide bonds. The van der Waals surface area contributed by atoms with Crippen LogP contribution in [0.5, 0.6) is 0 Å². The minimum absolute atomic E-state index is 0.0316. The third-order valence-electron chi connectivity index (χ3n) is 3.24. The van der Waals surface area contributed by atoms with Crippen molar-refractivity contribution < 1.29 is 14.7 Å². The van der Waals surface area contributed by atoms with Crippen molar-refractivity contribution >= 4 is 17.6 Å². The van der Waals surface area contributed by atoms with Gasteiger partial charge in [0, 0.05) is 11.9 Å². The van der Waals surface area contributed by atoms with Gasteiger partial charge >= 0.3 is 5.97 Å². The van der Waals surface area contributed by atoms with Crippen LogP contribution in [-0.2, 0) is 10.3 Å². The Bertz CT molecular complexity index is 788. The smallest absolute Gasteiger partial charge is 0.331 e. The maximum Gasteiger partial charge on any atom is 0.331 e. The van der Waals surface area contributed by atoms with Crippen LogP contribution in [0, 0.1) is 6.92 Å². The fraction of sp³-hybridized carbons (Fsp3) is 0.286. The molecule has 0 bridgehead atoms. The summed E-state index contributed by atoms with van der Waals surface area (Å²) in [5.41, 5.74) is -0.812.